The summed E-state index contributed by atoms with van der Waals surface area (Å²) >= 11 is 0. The number of amides is 4. The van der Waals surface area contributed by atoms with Gasteiger partial charge in [-0.2, -0.15) is 0 Å². The van der Waals surface area contributed by atoms with E-state index in [9.17, 15) is 18.8 Å². The molecule has 1 aromatic heterocycles. The summed E-state index contributed by atoms with van der Waals surface area (Å²) in [6.45, 7) is 3.57. The fraction of sp³-hybridized carbons (Fsp3) is 0.361. The highest BCUT2D eigenvalue weighted by Gasteiger charge is 2.33. The van der Waals surface area contributed by atoms with Crippen molar-refractivity contribution in [2.24, 2.45) is 0 Å². The molecule has 10 heteroatoms. The Morgan fingerprint density at radius 1 is 0.978 bits per heavy atom. The Labute approximate surface area is 269 Å². The number of benzene rings is 3. The summed E-state index contributed by atoms with van der Waals surface area (Å²) in [6, 6.07) is 18.6. The Morgan fingerprint density at radius 3 is 2.35 bits per heavy atom. The first-order valence-corrected chi connectivity index (χ1v) is 15.7. The van der Waals surface area contributed by atoms with Gasteiger partial charge in [-0.25, -0.2) is 9.18 Å². The van der Waals surface area contributed by atoms with Crippen LogP contribution in [-0.4, -0.2) is 84.9 Å². The maximum atomic E-state index is 14.2. The van der Waals surface area contributed by atoms with Gasteiger partial charge in [-0.3, -0.25) is 9.59 Å². The molecule has 0 bridgehead atoms. The van der Waals surface area contributed by atoms with E-state index in [0.29, 0.717) is 30.9 Å². The zero-order valence-corrected chi connectivity index (χ0v) is 27.1. The van der Waals surface area contributed by atoms with E-state index < -0.39 is 17.9 Å². The Balaban J connectivity index is 1.41. The maximum Gasteiger partial charge on any atom is 0.318 e. The van der Waals surface area contributed by atoms with E-state index in [4.69, 9.17) is 0 Å². The smallest absolute Gasteiger partial charge is 0.318 e. The molecule has 2 atom stereocenters. The second-order valence-electron chi connectivity index (χ2n) is 12.6. The predicted octanol–water partition coefficient (Wildman–Crippen LogP) is 5.77. The van der Waals surface area contributed by atoms with Gasteiger partial charge in [0, 0.05) is 56.7 Å². The standard InChI is InChI=1S/C36H43FN6O3/c1-23(30-21-38-31-9-7-6-8-28(30)31)33(40-36(46)43-18-16-26(17-19-43)25-11-13-27(37)14-12-25)34(44)39-32-20-24(22-41(2)3)10-15-29(32)35(45)42(4)5/h6-15,20-21,23,26,33,38H,16-19,22H2,1-5H3,(H,39,44)(H,40,46). The van der Waals surface area contributed by atoms with Crippen molar-refractivity contribution in [2.45, 2.75) is 44.2 Å². The van der Waals surface area contributed by atoms with Gasteiger partial charge in [0.25, 0.3) is 5.91 Å². The molecule has 1 saturated heterocycles. The van der Waals surface area contributed by atoms with E-state index in [0.717, 1.165) is 40.4 Å². The molecule has 1 aliphatic rings. The molecule has 0 spiro atoms. The number of urea groups is 1. The summed E-state index contributed by atoms with van der Waals surface area (Å²) in [6.07, 6.45) is 3.36. The van der Waals surface area contributed by atoms with Gasteiger partial charge in [0.2, 0.25) is 5.91 Å². The van der Waals surface area contributed by atoms with Crippen molar-refractivity contribution in [1.82, 2.24) is 25.0 Å². The summed E-state index contributed by atoms with van der Waals surface area (Å²) in [5.41, 5.74) is 4.60. The molecule has 0 radical (unpaired) electrons. The molecule has 0 aliphatic carbocycles. The summed E-state index contributed by atoms with van der Waals surface area (Å²) < 4.78 is 13.4. The number of para-hydroxylation sites is 1. The van der Waals surface area contributed by atoms with Crippen LogP contribution in [0, 0.1) is 5.82 Å². The van der Waals surface area contributed by atoms with Crippen molar-refractivity contribution in [2.75, 3.05) is 46.6 Å². The molecule has 242 valence electrons. The van der Waals surface area contributed by atoms with Crippen LogP contribution in [0.5, 0.6) is 0 Å². The van der Waals surface area contributed by atoms with E-state index in [1.807, 2.05) is 80.6 Å². The molecule has 2 heterocycles. The van der Waals surface area contributed by atoms with Crippen molar-refractivity contribution < 1.29 is 18.8 Å². The number of hydrogen-bond acceptors (Lipinski definition) is 4. The van der Waals surface area contributed by atoms with Crippen LogP contribution in [0.4, 0.5) is 14.9 Å². The van der Waals surface area contributed by atoms with Crippen molar-refractivity contribution in [3.63, 3.8) is 0 Å². The van der Waals surface area contributed by atoms with Gasteiger partial charge in [-0.15, -0.1) is 0 Å². The Hall–Kier alpha value is -4.70. The second kappa shape index (κ2) is 14.2. The molecular weight excluding hydrogens is 583 g/mol. The number of fused-ring (bicyclic) bond motifs is 1. The van der Waals surface area contributed by atoms with E-state index in [-0.39, 0.29) is 23.7 Å². The quantitative estimate of drug-likeness (QED) is 0.220. The summed E-state index contributed by atoms with van der Waals surface area (Å²) in [7, 11) is 7.24. The number of H-pyrrole nitrogens is 1. The number of aromatic nitrogens is 1. The lowest BCUT2D eigenvalue weighted by Gasteiger charge is -2.34. The normalized spacial score (nSPS) is 15.1. The van der Waals surface area contributed by atoms with E-state index in [2.05, 4.69) is 15.6 Å². The number of anilines is 1. The molecule has 3 aromatic carbocycles. The van der Waals surface area contributed by atoms with Crippen molar-refractivity contribution in [3.05, 3.63) is 101 Å². The van der Waals surface area contributed by atoms with Gasteiger partial charge in [0.1, 0.15) is 11.9 Å². The Morgan fingerprint density at radius 2 is 1.67 bits per heavy atom. The van der Waals surface area contributed by atoms with Crippen LogP contribution in [-0.2, 0) is 11.3 Å². The number of carbonyl (C=O) groups is 3. The fourth-order valence-electron chi connectivity index (χ4n) is 6.24. The van der Waals surface area contributed by atoms with E-state index in [1.165, 1.54) is 17.0 Å². The van der Waals surface area contributed by atoms with E-state index in [1.54, 1.807) is 25.1 Å². The molecule has 1 fully saturated rings. The number of aromatic amines is 1. The van der Waals surface area contributed by atoms with Gasteiger partial charge in [0.05, 0.1) is 11.3 Å². The molecule has 2 unspecified atom stereocenters. The first-order valence-electron chi connectivity index (χ1n) is 15.7. The summed E-state index contributed by atoms with van der Waals surface area (Å²) in [5.74, 6) is -1.09. The molecule has 3 N–H and O–H groups in total. The molecule has 4 amide bonds. The maximum absolute atomic E-state index is 14.2. The fourth-order valence-corrected chi connectivity index (χ4v) is 6.24. The number of hydrogen-bond donors (Lipinski definition) is 3. The SMILES string of the molecule is CC(c1c[nH]c2ccccc12)C(NC(=O)N1CCC(c2ccc(F)cc2)CC1)C(=O)Nc1cc(CN(C)C)ccc1C(=O)N(C)C. The van der Waals surface area contributed by atoms with Crippen LogP contribution in [0.3, 0.4) is 0 Å². The number of halogens is 1. The summed E-state index contributed by atoms with van der Waals surface area (Å²) in [4.78, 5) is 49.6. The number of piperidine rings is 1. The van der Waals surface area contributed by atoms with Crippen LogP contribution < -0.4 is 10.6 Å². The van der Waals surface area contributed by atoms with Crippen LogP contribution >= 0.6 is 0 Å². The van der Waals surface area contributed by atoms with Gasteiger partial charge in [-0.1, -0.05) is 43.3 Å². The molecule has 46 heavy (non-hydrogen) atoms. The first kappa shape index (κ1) is 32.7. The van der Waals surface area contributed by atoms with Crippen LogP contribution in [0.25, 0.3) is 10.9 Å². The average Bonchev–Trinajstić information content (AvgIpc) is 3.47. The predicted molar refractivity (Wildman–Crippen MR) is 179 cm³/mol. The summed E-state index contributed by atoms with van der Waals surface area (Å²) in [5, 5.41) is 7.03. The highest BCUT2D eigenvalue weighted by molar-refractivity contribution is 6.06. The van der Waals surface area contributed by atoms with Gasteiger partial charge < -0.3 is 30.3 Å². The Kier molecular flexibility index (Phi) is 10.1. The molecule has 1 aliphatic heterocycles. The zero-order chi connectivity index (χ0) is 33.0. The highest BCUT2D eigenvalue weighted by atomic mass is 19.1. The number of nitrogens with one attached hydrogen (secondary N) is 3. The third kappa shape index (κ3) is 7.39. The molecule has 0 saturated carbocycles. The lowest BCUT2D eigenvalue weighted by Crippen LogP contribution is -2.53. The third-order valence-electron chi connectivity index (χ3n) is 8.77. The van der Waals surface area contributed by atoms with Crippen molar-refractivity contribution in [3.8, 4) is 0 Å². The number of carbonyl (C=O) groups excluding carboxylic acids is 3. The highest BCUT2D eigenvalue weighted by Crippen LogP contribution is 2.31. The van der Waals surface area contributed by atoms with Crippen LogP contribution in [0.1, 0.15) is 58.6 Å². The molecular formula is C36H43FN6O3. The molecule has 4 aromatic rings. The average molecular weight is 627 g/mol. The topological polar surface area (TPSA) is 101 Å². The number of rotatable bonds is 9. The second-order valence-corrected chi connectivity index (χ2v) is 12.6. The van der Waals surface area contributed by atoms with E-state index >= 15 is 0 Å². The van der Waals surface area contributed by atoms with Gasteiger partial charge >= 0.3 is 6.03 Å². The molecule has 5 rings (SSSR count). The first-order chi connectivity index (χ1) is 22.0. The third-order valence-corrected chi connectivity index (χ3v) is 8.77. The number of nitrogens with zero attached hydrogens (tertiary/aromatic N) is 3. The largest absolute Gasteiger partial charge is 0.361 e. The van der Waals surface area contributed by atoms with Gasteiger partial charge in [-0.05, 0) is 79.9 Å². The van der Waals surface area contributed by atoms with Crippen molar-refractivity contribution >= 4 is 34.4 Å². The minimum absolute atomic E-state index is 0.232. The van der Waals surface area contributed by atoms with Crippen LogP contribution in [0.15, 0.2) is 72.9 Å². The van der Waals surface area contributed by atoms with Crippen molar-refractivity contribution in [1.29, 1.82) is 0 Å². The molecule has 9 nitrogen and oxygen atoms in total. The van der Waals surface area contributed by atoms with Gasteiger partial charge in [0.15, 0.2) is 0 Å². The monoisotopic (exact) mass is 626 g/mol. The van der Waals surface area contributed by atoms with Crippen LogP contribution in [0.2, 0.25) is 0 Å². The number of likely N-dealkylation sites (tertiary alicyclic amines) is 1. The minimum Gasteiger partial charge on any atom is -0.361 e. The lowest BCUT2D eigenvalue weighted by molar-refractivity contribution is -0.118. The lowest BCUT2D eigenvalue weighted by atomic mass is 9.89. The zero-order valence-electron chi connectivity index (χ0n) is 27.1. The minimum atomic E-state index is -0.943. The Bertz CT molecular complexity index is 1690.